The zero-order valence-electron chi connectivity index (χ0n) is 35.4. The highest BCUT2D eigenvalue weighted by Gasteiger charge is 2.49. The Bertz CT molecular complexity index is 1390. The molecule has 0 amide bonds. The van der Waals surface area contributed by atoms with Gasteiger partial charge in [-0.05, 0) is 92.1 Å². The van der Waals surface area contributed by atoms with E-state index in [4.69, 9.17) is 27.8 Å². The zero-order chi connectivity index (χ0) is 38.5. The van der Waals surface area contributed by atoms with Crippen LogP contribution >= 0.6 is 0 Å². The molecule has 2 heterocycles. The quantitative estimate of drug-likeness (QED) is 0.112. The third-order valence-electron chi connectivity index (χ3n) is 11.9. The van der Waals surface area contributed by atoms with Crippen LogP contribution in [0.3, 0.4) is 0 Å². The largest absolute Gasteiger partial charge is 0.497 e. The van der Waals surface area contributed by atoms with Gasteiger partial charge in [-0.1, -0.05) is 75.3 Å². The molecule has 0 N–H and O–H groups in total. The van der Waals surface area contributed by atoms with E-state index in [-0.39, 0.29) is 29.5 Å². The van der Waals surface area contributed by atoms with Crippen LogP contribution in [0.5, 0.6) is 11.5 Å². The van der Waals surface area contributed by atoms with Gasteiger partial charge in [0.2, 0.25) is 8.32 Å². The first kappa shape index (κ1) is 43.5. The molecule has 1 aliphatic rings. The number of hydrogen-bond acceptors (Lipinski definition) is 6. The van der Waals surface area contributed by atoms with Crippen molar-refractivity contribution in [2.24, 2.45) is 5.92 Å². The summed E-state index contributed by atoms with van der Waals surface area (Å²) < 4.78 is 41.3. The lowest BCUT2D eigenvalue weighted by molar-refractivity contribution is -0.0823. The van der Waals surface area contributed by atoms with Crippen molar-refractivity contribution in [2.45, 2.75) is 163 Å². The second-order valence-electron chi connectivity index (χ2n) is 17.3. The summed E-state index contributed by atoms with van der Waals surface area (Å²) in [5.41, 5.74) is 7.10. The minimum Gasteiger partial charge on any atom is -0.497 e. The number of aryl methyl sites for hydroxylation is 3. The van der Waals surface area contributed by atoms with Gasteiger partial charge in [0, 0.05) is 35.4 Å². The maximum atomic E-state index is 7.63. The zero-order valence-corrected chi connectivity index (χ0v) is 37.4. The fourth-order valence-electron chi connectivity index (χ4n) is 8.05. The predicted octanol–water partition coefficient (Wildman–Crippen LogP) is 11.3. The summed E-state index contributed by atoms with van der Waals surface area (Å²) in [6.07, 6.45) is 4.30. The molecule has 3 rings (SSSR count). The van der Waals surface area contributed by atoms with Crippen molar-refractivity contribution >= 4 is 16.6 Å². The van der Waals surface area contributed by atoms with E-state index in [1.54, 1.807) is 14.2 Å². The van der Waals surface area contributed by atoms with Crippen LogP contribution in [-0.2, 0) is 24.7 Å². The standard InChI is InChI=1S/C42H73NO6Si2/c1-28(2)51(29(3)4,30(5)6)48-38(27-39-46-23-24-47-39)34(10)40(49-50(16,17)42(11,12)13)31(7)19-18-20-35-25-36(44-14)26-37(41(35)45-15)43-32(8)21-22-33(43)9/h19,21-22,25-26,28-30,34,38-40H,18,20,23-24,27H2,1-17H3/b31-19-/t34-,38-,40-/m0/s1. The summed E-state index contributed by atoms with van der Waals surface area (Å²) in [5, 5.41) is 0.0602. The van der Waals surface area contributed by atoms with Gasteiger partial charge in [0.15, 0.2) is 14.6 Å². The van der Waals surface area contributed by atoms with Crippen molar-refractivity contribution in [3.05, 3.63) is 52.9 Å². The maximum Gasteiger partial charge on any atom is 0.200 e. The van der Waals surface area contributed by atoms with Crippen molar-refractivity contribution in [3.8, 4) is 17.2 Å². The normalized spacial score (nSPS) is 17.1. The molecule has 1 aromatic heterocycles. The summed E-state index contributed by atoms with van der Waals surface area (Å²) in [4.78, 5) is 0. The lowest BCUT2D eigenvalue weighted by Gasteiger charge is -2.48. The van der Waals surface area contributed by atoms with Crippen molar-refractivity contribution < 1.29 is 27.8 Å². The summed E-state index contributed by atoms with van der Waals surface area (Å²) in [6.45, 7) is 36.0. The van der Waals surface area contributed by atoms with Gasteiger partial charge in [0.25, 0.3) is 0 Å². The number of aromatic nitrogens is 1. The Morgan fingerprint density at radius 2 is 1.43 bits per heavy atom. The molecule has 1 aromatic carbocycles. The van der Waals surface area contributed by atoms with E-state index in [0.717, 1.165) is 47.0 Å². The third-order valence-corrected chi connectivity index (χ3v) is 22.5. The Balaban J connectivity index is 2.07. The smallest absolute Gasteiger partial charge is 0.200 e. The van der Waals surface area contributed by atoms with Crippen LogP contribution in [0.2, 0.25) is 34.8 Å². The van der Waals surface area contributed by atoms with E-state index in [2.05, 4.69) is 138 Å². The van der Waals surface area contributed by atoms with Crippen LogP contribution in [0.15, 0.2) is 35.9 Å². The first-order chi connectivity index (χ1) is 23.7. The summed E-state index contributed by atoms with van der Waals surface area (Å²) >= 11 is 0. The van der Waals surface area contributed by atoms with E-state index < -0.39 is 16.6 Å². The molecule has 9 heteroatoms. The Hall–Kier alpha value is -1.89. The molecule has 1 fully saturated rings. The lowest BCUT2D eigenvalue weighted by Crippen LogP contribution is -2.54. The number of ether oxygens (including phenoxy) is 4. The van der Waals surface area contributed by atoms with Crippen LogP contribution in [0, 0.1) is 19.8 Å². The molecule has 51 heavy (non-hydrogen) atoms. The van der Waals surface area contributed by atoms with Crippen molar-refractivity contribution in [1.82, 2.24) is 4.57 Å². The number of hydrogen-bond donors (Lipinski definition) is 0. The van der Waals surface area contributed by atoms with Crippen LogP contribution in [0.25, 0.3) is 5.69 Å². The van der Waals surface area contributed by atoms with Crippen LogP contribution in [-0.4, -0.2) is 67.1 Å². The first-order valence-electron chi connectivity index (χ1n) is 19.4. The maximum absolute atomic E-state index is 7.63. The minimum atomic E-state index is -2.23. The van der Waals surface area contributed by atoms with Crippen LogP contribution in [0.4, 0.5) is 0 Å². The SMILES string of the molecule is COc1cc(CC/C=C(/C)[C@H](O[Si](C)(C)C(C)(C)C)[C@@H](C)[C@H](CC2OCCO2)O[Si](C(C)C)(C(C)C)C(C)C)c(OC)c(-n2c(C)ccc2C)c1. The fraction of sp³-hybridized carbons (Fsp3) is 0.714. The number of benzene rings is 1. The molecule has 1 aliphatic heterocycles. The third kappa shape index (κ3) is 10.0. The second-order valence-corrected chi connectivity index (χ2v) is 27.5. The van der Waals surface area contributed by atoms with Crippen molar-refractivity contribution in [1.29, 1.82) is 0 Å². The molecule has 0 radical (unpaired) electrons. The highest BCUT2D eigenvalue weighted by molar-refractivity contribution is 6.77. The highest BCUT2D eigenvalue weighted by atomic mass is 28.4. The van der Waals surface area contributed by atoms with Gasteiger partial charge in [0.05, 0.1) is 45.3 Å². The Morgan fingerprint density at radius 1 is 0.882 bits per heavy atom. The van der Waals surface area contributed by atoms with Gasteiger partial charge in [-0.3, -0.25) is 0 Å². The van der Waals surface area contributed by atoms with E-state index in [1.165, 1.54) is 5.57 Å². The van der Waals surface area contributed by atoms with Crippen LogP contribution < -0.4 is 9.47 Å². The van der Waals surface area contributed by atoms with Gasteiger partial charge < -0.3 is 32.4 Å². The first-order valence-corrected chi connectivity index (χ1v) is 24.4. The van der Waals surface area contributed by atoms with Crippen LogP contribution in [0.1, 0.15) is 106 Å². The van der Waals surface area contributed by atoms with Gasteiger partial charge in [-0.25, -0.2) is 0 Å². The lowest BCUT2D eigenvalue weighted by atomic mass is 9.90. The Kier molecular flexibility index (Phi) is 15.3. The Labute approximate surface area is 314 Å². The van der Waals surface area contributed by atoms with Crippen molar-refractivity contribution in [3.63, 3.8) is 0 Å². The molecule has 0 aliphatic carbocycles. The average Bonchev–Trinajstić information content (AvgIpc) is 3.68. The van der Waals surface area contributed by atoms with Gasteiger partial charge in [0.1, 0.15) is 11.5 Å². The Morgan fingerprint density at radius 3 is 1.90 bits per heavy atom. The molecule has 0 bridgehead atoms. The van der Waals surface area contributed by atoms with E-state index in [0.29, 0.717) is 36.3 Å². The van der Waals surface area contributed by atoms with E-state index >= 15 is 0 Å². The summed E-state index contributed by atoms with van der Waals surface area (Å²) in [6, 6.07) is 8.47. The number of methoxy groups -OCH3 is 2. The van der Waals surface area contributed by atoms with Crippen molar-refractivity contribution in [2.75, 3.05) is 27.4 Å². The summed E-state index contributed by atoms with van der Waals surface area (Å²) in [7, 11) is -0.907. The molecular weight excluding hydrogens is 671 g/mol. The minimum absolute atomic E-state index is 0.0602. The molecule has 0 unspecified atom stereocenters. The monoisotopic (exact) mass is 743 g/mol. The molecule has 2 aromatic rings. The number of nitrogens with zero attached hydrogens (tertiary/aromatic N) is 1. The highest BCUT2D eigenvalue weighted by Crippen LogP contribution is 2.46. The molecule has 0 spiro atoms. The van der Waals surface area contributed by atoms with Gasteiger partial charge >= 0.3 is 0 Å². The number of rotatable bonds is 18. The summed E-state index contributed by atoms with van der Waals surface area (Å²) in [5.74, 6) is 1.80. The predicted molar refractivity (Wildman–Crippen MR) is 218 cm³/mol. The topological polar surface area (TPSA) is 60.3 Å². The van der Waals surface area contributed by atoms with Gasteiger partial charge in [-0.15, -0.1) is 0 Å². The molecular formula is C42H73NO6Si2. The molecule has 0 saturated carbocycles. The fourth-order valence-corrected chi connectivity index (χ4v) is 15.1. The van der Waals surface area contributed by atoms with Gasteiger partial charge in [-0.2, -0.15) is 0 Å². The molecule has 3 atom stereocenters. The number of allylic oxidation sites excluding steroid dienone is 1. The molecule has 290 valence electrons. The average molecular weight is 744 g/mol. The molecule has 7 nitrogen and oxygen atoms in total. The second kappa shape index (κ2) is 18.0. The molecule has 1 saturated heterocycles. The van der Waals surface area contributed by atoms with E-state index in [9.17, 15) is 0 Å². The van der Waals surface area contributed by atoms with E-state index in [1.807, 2.05) is 0 Å².